The van der Waals surface area contributed by atoms with Crippen LogP contribution in [0.15, 0.2) is 42.7 Å². The van der Waals surface area contributed by atoms with Gasteiger partial charge in [-0.1, -0.05) is 12.1 Å². The van der Waals surface area contributed by atoms with Crippen molar-refractivity contribution in [3.8, 4) is 17.2 Å². The Hall–Kier alpha value is -4.41. The van der Waals surface area contributed by atoms with E-state index in [1.54, 1.807) is 24.2 Å². The van der Waals surface area contributed by atoms with E-state index in [1.807, 2.05) is 24.3 Å². The molecule has 0 unspecified atom stereocenters. The van der Waals surface area contributed by atoms with E-state index < -0.39 is 23.4 Å². The van der Waals surface area contributed by atoms with Crippen molar-refractivity contribution >= 4 is 28.4 Å². The number of carbonyl (C=O) groups excluding carboxylic acids is 1. The van der Waals surface area contributed by atoms with Gasteiger partial charge >= 0.3 is 6.03 Å². The number of ether oxygens (including phenoxy) is 3. The van der Waals surface area contributed by atoms with Crippen LogP contribution in [0.2, 0.25) is 0 Å². The van der Waals surface area contributed by atoms with Gasteiger partial charge in [0.05, 0.1) is 51.7 Å². The van der Waals surface area contributed by atoms with E-state index in [-0.39, 0.29) is 18.0 Å². The number of nitrogens with zero attached hydrogens (tertiary/aromatic N) is 4. The monoisotopic (exact) mass is 481 g/mol. The highest BCUT2D eigenvalue weighted by molar-refractivity contribution is 6.09. The Bertz CT molecular complexity index is 1410. The summed E-state index contributed by atoms with van der Waals surface area (Å²) < 4.78 is 46.9. The van der Waals surface area contributed by atoms with Crippen molar-refractivity contribution in [2.24, 2.45) is 0 Å². The van der Waals surface area contributed by atoms with Crippen molar-refractivity contribution < 1.29 is 27.8 Å². The first-order valence-electron chi connectivity index (χ1n) is 10.6. The van der Waals surface area contributed by atoms with Gasteiger partial charge in [-0.05, 0) is 17.7 Å². The van der Waals surface area contributed by atoms with Crippen LogP contribution in [-0.2, 0) is 13.1 Å². The molecule has 1 aliphatic heterocycles. The van der Waals surface area contributed by atoms with Gasteiger partial charge in [0.2, 0.25) is 0 Å². The zero-order valence-corrected chi connectivity index (χ0v) is 19.1. The van der Waals surface area contributed by atoms with Gasteiger partial charge in [0, 0.05) is 17.8 Å². The van der Waals surface area contributed by atoms with Crippen LogP contribution in [-0.4, -0.2) is 42.1 Å². The maximum Gasteiger partial charge on any atom is 0.326 e. The largest absolute Gasteiger partial charge is 0.497 e. The molecule has 180 valence electrons. The number of carbonyl (C=O) groups is 1. The number of rotatable bonds is 6. The lowest BCUT2D eigenvalue weighted by atomic mass is 10.1. The van der Waals surface area contributed by atoms with Gasteiger partial charge in [-0.3, -0.25) is 4.90 Å². The van der Waals surface area contributed by atoms with E-state index in [9.17, 15) is 4.79 Å². The molecule has 0 radical (unpaired) electrons. The summed E-state index contributed by atoms with van der Waals surface area (Å²) in [6.07, 6.45) is 3.17. The van der Waals surface area contributed by atoms with Gasteiger partial charge < -0.3 is 19.5 Å². The van der Waals surface area contributed by atoms with E-state index in [4.69, 9.17) is 14.2 Å². The van der Waals surface area contributed by atoms with Crippen LogP contribution in [0.5, 0.6) is 17.2 Å². The van der Waals surface area contributed by atoms with Gasteiger partial charge in [-0.15, -0.1) is 0 Å². The van der Waals surface area contributed by atoms with Gasteiger partial charge in [0.1, 0.15) is 11.4 Å². The van der Waals surface area contributed by atoms with Gasteiger partial charge in [0.25, 0.3) is 0 Å². The summed E-state index contributed by atoms with van der Waals surface area (Å²) in [5.74, 6) is -1.76. The lowest BCUT2D eigenvalue weighted by Gasteiger charge is -2.30. The predicted molar refractivity (Wildman–Crippen MR) is 124 cm³/mol. The molecule has 0 saturated carbocycles. The molecule has 1 aliphatic rings. The Morgan fingerprint density at radius 1 is 1.00 bits per heavy atom. The Morgan fingerprint density at radius 2 is 1.69 bits per heavy atom. The Balaban J connectivity index is 1.50. The number of nitrogens with one attached hydrogen (secondary N) is 1. The third-order valence-electron chi connectivity index (χ3n) is 5.86. The van der Waals surface area contributed by atoms with Crippen molar-refractivity contribution in [3.63, 3.8) is 0 Å². The smallest absolute Gasteiger partial charge is 0.326 e. The molecule has 0 spiro atoms. The average Bonchev–Trinajstić information content (AvgIpc) is 3.28. The quantitative estimate of drug-likeness (QED) is 0.441. The molecule has 0 bridgehead atoms. The van der Waals surface area contributed by atoms with Crippen LogP contribution in [0, 0.1) is 11.6 Å². The Kier molecular flexibility index (Phi) is 5.59. The summed E-state index contributed by atoms with van der Waals surface area (Å²) >= 11 is 0. The topological polar surface area (TPSA) is 90.7 Å². The molecule has 3 heterocycles. The summed E-state index contributed by atoms with van der Waals surface area (Å²) in [5.41, 5.74) is 2.05. The normalized spacial score (nSPS) is 12.9. The predicted octanol–water partition coefficient (Wildman–Crippen LogP) is 4.34. The molecule has 35 heavy (non-hydrogen) atoms. The number of anilines is 2. The van der Waals surface area contributed by atoms with Crippen LogP contribution in [0.4, 0.5) is 25.0 Å². The Labute approximate surface area is 198 Å². The maximum absolute atomic E-state index is 15.0. The second-order valence-electron chi connectivity index (χ2n) is 7.82. The van der Waals surface area contributed by atoms with Crippen molar-refractivity contribution in [1.29, 1.82) is 0 Å². The molecule has 0 atom stereocenters. The van der Waals surface area contributed by atoms with E-state index in [1.165, 1.54) is 14.2 Å². The van der Waals surface area contributed by atoms with Crippen LogP contribution < -0.4 is 24.4 Å². The summed E-state index contributed by atoms with van der Waals surface area (Å²) in [7, 11) is 4.09. The number of hydrogen-bond donors (Lipinski definition) is 1. The second kappa shape index (κ2) is 8.75. The summed E-state index contributed by atoms with van der Waals surface area (Å²) in [5, 5.41) is 7.78. The van der Waals surface area contributed by atoms with E-state index in [2.05, 4.69) is 15.4 Å². The lowest BCUT2D eigenvalue weighted by molar-refractivity contribution is 0.255. The molecule has 11 heteroatoms. The minimum Gasteiger partial charge on any atom is -0.497 e. The highest BCUT2D eigenvalue weighted by Gasteiger charge is 2.33. The third kappa shape index (κ3) is 3.74. The number of methoxy groups -OCH3 is 3. The zero-order valence-electron chi connectivity index (χ0n) is 19.1. The molecule has 2 aromatic heterocycles. The van der Waals surface area contributed by atoms with Gasteiger partial charge in [-0.2, -0.15) is 5.10 Å². The Morgan fingerprint density at radius 3 is 2.31 bits per heavy atom. The fraction of sp³-hybridized carbons (Fsp3) is 0.208. The number of amides is 2. The number of pyridine rings is 1. The molecule has 5 rings (SSSR count). The molecule has 2 amide bonds. The molecule has 0 saturated heterocycles. The standard InChI is InChI=1S/C24H21F2N5O4/c1-33-15-6-4-13(5-7-15)11-31-23-16(10-28-31)21-14(9-27-23)12-30(24(32)29-21)22-19(25)17(34-2)8-18(35-3)20(22)26/h4-10H,11-12H2,1-3H3,(H,29,32). The fourth-order valence-electron chi connectivity index (χ4n) is 4.06. The number of fused-ring (bicyclic) bond motifs is 3. The van der Waals surface area contributed by atoms with Crippen molar-refractivity contribution in [1.82, 2.24) is 14.8 Å². The van der Waals surface area contributed by atoms with E-state index in [0.29, 0.717) is 28.8 Å². The number of aromatic nitrogens is 3. The minimum atomic E-state index is -1.01. The van der Waals surface area contributed by atoms with Crippen LogP contribution in [0.25, 0.3) is 11.0 Å². The maximum atomic E-state index is 15.0. The highest BCUT2D eigenvalue weighted by Crippen LogP contribution is 2.40. The average molecular weight is 481 g/mol. The van der Waals surface area contributed by atoms with Crippen molar-refractivity contribution in [2.75, 3.05) is 31.5 Å². The molecule has 1 N–H and O–H groups in total. The number of hydrogen-bond acceptors (Lipinski definition) is 6. The number of halogens is 2. The first-order valence-corrected chi connectivity index (χ1v) is 10.6. The molecule has 2 aromatic carbocycles. The zero-order chi connectivity index (χ0) is 24.7. The molecule has 0 fully saturated rings. The van der Waals surface area contributed by atoms with Crippen LogP contribution in [0.3, 0.4) is 0 Å². The summed E-state index contributed by atoms with van der Waals surface area (Å²) in [6.45, 7) is 0.345. The molecule has 0 aliphatic carbocycles. The number of benzene rings is 2. The van der Waals surface area contributed by atoms with E-state index in [0.717, 1.165) is 22.3 Å². The first kappa shape index (κ1) is 22.4. The van der Waals surface area contributed by atoms with E-state index >= 15 is 8.78 Å². The fourth-order valence-corrected chi connectivity index (χ4v) is 4.06. The van der Waals surface area contributed by atoms with Crippen LogP contribution >= 0.6 is 0 Å². The lowest BCUT2D eigenvalue weighted by Crippen LogP contribution is -2.40. The molecular weight excluding hydrogens is 460 g/mol. The molecule has 9 nitrogen and oxygen atoms in total. The molecule has 4 aromatic rings. The first-order chi connectivity index (χ1) is 16.9. The second-order valence-corrected chi connectivity index (χ2v) is 7.82. The molecular formula is C24H21F2N5O4. The van der Waals surface area contributed by atoms with Crippen molar-refractivity contribution in [3.05, 3.63) is 65.5 Å². The van der Waals surface area contributed by atoms with Gasteiger partial charge in [-0.25, -0.2) is 23.2 Å². The highest BCUT2D eigenvalue weighted by atomic mass is 19.1. The summed E-state index contributed by atoms with van der Waals surface area (Å²) in [6, 6.07) is 7.95. The minimum absolute atomic E-state index is 0.113. The van der Waals surface area contributed by atoms with Gasteiger partial charge in [0.15, 0.2) is 28.8 Å². The third-order valence-corrected chi connectivity index (χ3v) is 5.86. The van der Waals surface area contributed by atoms with Crippen molar-refractivity contribution in [2.45, 2.75) is 13.1 Å². The number of urea groups is 1. The SMILES string of the molecule is COc1ccc(Cn2ncc3c4c(cnc32)CN(c2c(F)c(OC)cc(OC)c2F)C(=O)N4)cc1. The summed E-state index contributed by atoms with van der Waals surface area (Å²) in [4.78, 5) is 18.5. The van der Waals surface area contributed by atoms with Crippen LogP contribution in [0.1, 0.15) is 11.1 Å².